The lowest BCUT2D eigenvalue weighted by atomic mass is 10.00. The van der Waals surface area contributed by atoms with Gasteiger partial charge in [-0.05, 0) is 34.1 Å². The molecule has 1 amide bonds. The molecule has 0 saturated carbocycles. The number of hydrogen-bond donors (Lipinski definition) is 1. The molecule has 144 valence electrons. The Labute approximate surface area is 153 Å². The van der Waals surface area contributed by atoms with E-state index in [4.69, 9.17) is 9.47 Å². The summed E-state index contributed by atoms with van der Waals surface area (Å²) in [5.41, 5.74) is -0.0493. The van der Waals surface area contributed by atoms with E-state index in [9.17, 15) is 19.7 Å². The summed E-state index contributed by atoms with van der Waals surface area (Å²) >= 11 is 0. The Kier molecular flexibility index (Phi) is 7.70. The first-order valence-corrected chi connectivity index (χ1v) is 8.30. The molecule has 0 fully saturated rings. The smallest absolute Gasteiger partial charge is 0.407 e. The van der Waals surface area contributed by atoms with Gasteiger partial charge in [0.1, 0.15) is 5.60 Å². The molecule has 8 nitrogen and oxygen atoms in total. The van der Waals surface area contributed by atoms with Crippen LogP contribution < -0.4 is 5.32 Å². The second-order valence-electron chi connectivity index (χ2n) is 7.01. The molecule has 0 heterocycles. The van der Waals surface area contributed by atoms with Gasteiger partial charge in [-0.25, -0.2) is 4.79 Å². The topological polar surface area (TPSA) is 108 Å². The third-order valence-corrected chi connectivity index (χ3v) is 3.55. The summed E-state index contributed by atoms with van der Waals surface area (Å²) in [5.74, 6) is -0.301. The minimum absolute atomic E-state index is 0.0111. The molecule has 1 aromatic rings. The summed E-state index contributed by atoms with van der Waals surface area (Å²) in [4.78, 5) is 35.0. The lowest BCUT2D eigenvalue weighted by Crippen LogP contribution is -2.40. The van der Waals surface area contributed by atoms with Gasteiger partial charge < -0.3 is 14.8 Å². The van der Waals surface area contributed by atoms with Crippen molar-refractivity contribution in [1.82, 2.24) is 5.32 Å². The molecular weight excluding hydrogens is 340 g/mol. The average molecular weight is 366 g/mol. The van der Waals surface area contributed by atoms with Crippen LogP contribution in [0.25, 0.3) is 0 Å². The van der Waals surface area contributed by atoms with E-state index in [0.29, 0.717) is 18.6 Å². The number of rotatable bonds is 8. The van der Waals surface area contributed by atoms with Gasteiger partial charge in [0.2, 0.25) is 0 Å². The van der Waals surface area contributed by atoms with Crippen molar-refractivity contribution in [2.45, 2.75) is 52.2 Å². The van der Waals surface area contributed by atoms with Gasteiger partial charge in [-0.3, -0.25) is 14.9 Å². The van der Waals surface area contributed by atoms with E-state index >= 15 is 0 Å². The van der Waals surface area contributed by atoms with Gasteiger partial charge >= 0.3 is 6.09 Å². The van der Waals surface area contributed by atoms with Crippen molar-refractivity contribution in [3.63, 3.8) is 0 Å². The highest BCUT2D eigenvalue weighted by molar-refractivity contribution is 5.97. The van der Waals surface area contributed by atoms with E-state index in [1.54, 1.807) is 33.8 Å². The molecule has 0 aliphatic heterocycles. The van der Waals surface area contributed by atoms with Gasteiger partial charge in [-0.2, -0.15) is 0 Å². The van der Waals surface area contributed by atoms with Crippen LogP contribution in [0.2, 0.25) is 0 Å². The molecule has 8 heteroatoms. The maximum absolute atomic E-state index is 12.5. The van der Waals surface area contributed by atoms with E-state index in [1.165, 1.54) is 19.2 Å². The number of carbonyl (C=O) groups excluding carboxylic acids is 2. The fraction of sp³-hybridized carbons (Fsp3) is 0.556. The predicted octanol–water partition coefficient (Wildman–Crippen LogP) is 3.41. The molecule has 1 N–H and O–H groups in total. The summed E-state index contributed by atoms with van der Waals surface area (Å²) in [7, 11) is 1.52. The number of aryl methyl sites for hydroxylation is 1. The summed E-state index contributed by atoms with van der Waals surface area (Å²) < 4.78 is 10.2. The van der Waals surface area contributed by atoms with Crippen molar-refractivity contribution in [3.8, 4) is 0 Å². The minimum Gasteiger partial charge on any atom is -0.444 e. The lowest BCUT2D eigenvalue weighted by molar-refractivity contribution is -0.385. The molecular formula is C18H26N2O6. The van der Waals surface area contributed by atoms with Gasteiger partial charge in [0.15, 0.2) is 5.78 Å². The highest BCUT2D eigenvalue weighted by atomic mass is 16.6. The molecule has 1 atom stereocenters. The summed E-state index contributed by atoms with van der Waals surface area (Å²) in [5, 5.41) is 13.7. The fourth-order valence-electron chi connectivity index (χ4n) is 2.28. The summed E-state index contributed by atoms with van der Waals surface area (Å²) in [6.07, 6.45) is -0.223. The maximum Gasteiger partial charge on any atom is 0.407 e. The monoisotopic (exact) mass is 366 g/mol. The lowest BCUT2D eigenvalue weighted by Gasteiger charge is -2.23. The number of methoxy groups -OCH3 is 1. The molecule has 0 aliphatic rings. The van der Waals surface area contributed by atoms with Crippen LogP contribution in [-0.4, -0.2) is 42.2 Å². The number of amides is 1. The molecule has 0 spiro atoms. The maximum atomic E-state index is 12.5. The van der Waals surface area contributed by atoms with E-state index < -0.39 is 22.7 Å². The van der Waals surface area contributed by atoms with Crippen molar-refractivity contribution in [3.05, 3.63) is 39.4 Å². The number of carbonyl (C=O) groups is 2. The Hall–Kier alpha value is -2.48. The first-order chi connectivity index (χ1) is 12.0. The van der Waals surface area contributed by atoms with Crippen molar-refractivity contribution in [2.75, 3.05) is 13.7 Å². The summed E-state index contributed by atoms with van der Waals surface area (Å²) in [6.45, 7) is 7.19. The third kappa shape index (κ3) is 7.18. The molecule has 0 radical (unpaired) electrons. The number of benzene rings is 1. The predicted molar refractivity (Wildman–Crippen MR) is 96.4 cm³/mol. The van der Waals surface area contributed by atoms with Crippen LogP contribution in [0.1, 0.15) is 49.5 Å². The van der Waals surface area contributed by atoms with Crippen molar-refractivity contribution >= 4 is 17.6 Å². The normalized spacial score (nSPS) is 12.3. The number of nitro benzene ring substituents is 1. The van der Waals surface area contributed by atoms with E-state index in [1.807, 2.05) is 0 Å². The first kappa shape index (κ1) is 21.6. The number of ketones is 1. The molecule has 0 aromatic heterocycles. The number of hydrogen-bond acceptors (Lipinski definition) is 6. The second-order valence-corrected chi connectivity index (χ2v) is 7.01. The number of alkyl carbamates (subject to hydrolysis) is 1. The number of Topliss-reactive ketones (excluding diaryl/α,β-unsaturated/α-hetero) is 1. The molecule has 1 unspecified atom stereocenters. The van der Waals surface area contributed by atoms with Crippen LogP contribution >= 0.6 is 0 Å². The second kappa shape index (κ2) is 9.28. The van der Waals surface area contributed by atoms with Crippen LogP contribution in [-0.2, 0) is 9.47 Å². The van der Waals surface area contributed by atoms with Crippen molar-refractivity contribution in [1.29, 1.82) is 0 Å². The highest BCUT2D eigenvalue weighted by Gasteiger charge is 2.23. The highest BCUT2D eigenvalue weighted by Crippen LogP contribution is 2.21. The van der Waals surface area contributed by atoms with Crippen LogP contribution in [0.15, 0.2) is 18.2 Å². The molecule has 0 bridgehead atoms. The molecule has 1 aromatic carbocycles. The van der Waals surface area contributed by atoms with Crippen LogP contribution in [0, 0.1) is 17.0 Å². The molecule has 0 saturated heterocycles. The van der Waals surface area contributed by atoms with Gasteiger partial charge in [-0.15, -0.1) is 0 Å². The fourth-order valence-corrected chi connectivity index (χ4v) is 2.28. The minimum atomic E-state index is -0.655. The third-order valence-electron chi connectivity index (χ3n) is 3.55. The Morgan fingerprint density at radius 3 is 2.50 bits per heavy atom. The Morgan fingerprint density at radius 2 is 1.96 bits per heavy atom. The number of nitro groups is 1. The van der Waals surface area contributed by atoms with Crippen LogP contribution in [0.4, 0.5) is 10.5 Å². The quantitative estimate of drug-likeness (QED) is 0.429. The number of nitrogens with one attached hydrogen (secondary N) is 1. The Morgan fingerprint density at radius 1 is 1.31 bits per heavy atom. The van der Waals surface area contributed by atoms with Gasteiger partial charge in [0, 0.05) is 43.4 Å². The zero-order valence-corrected chi connectivity index (χ0v) is 15.8. The number of nitrogens with zero attached hydrogens (tertiary/aromatic N) is 1. The van der Waals surface area contributed by atoms with E-state index in [2.05, 4.69) is 5.32 Å². The van der Waals surface area contributed by atoms with Crippen LogP contribution in [0.3, 0.4) is 0 Å². The molecule has 26 heavy (non-hydrogen) atoms. The van der Waals surface area contributed by atoms with E-state index in [0.717, 1.165) is 0 Å². The Balaban J connectivity index is 2.86. The van der Waals surface area contributed by atoms with E-state index in [-0.39, 0.29) is 23.5 Å². The first-order valence-electron chi connectivity index (χ1n) is 8.30. The summed E-state index contributed by atoms with van der Waals surface area (Å²) in [6, 6.07) is 3.85. The number of ether oxygens (including phenoxy) is 2. The average Bonchev–Trinajstić information content (AvgIpc) is 2.50. The SMILES string of the molecule is COCCC(CC(=O)c1ccc(C)c([N+](=O)[O-])c1)NC(=O)OC(C)(C)C. The van der Waals surface area contributed by atoms with Crippen molar-refractivity contribution < 1.29 is 24.0 Å². The van der Waals surface area contributed by atoms with Crippen LogP contribution in [0.5, 0.6) is 0 Å². The molecule has 1 rings (SSSR count). The van der Waals surface area contributed by atoms with Crippen molar-refractivity contribution in [2.24, 2.45) is 0 Å². The largest absolute Gasteiger partial charge is 0.444 e. The standard InChI is InChI=1S/C18H26N2O6/c1-12-6-7-13(10-15(12)20(23)24)16(21)11-14(8-9-25-5)19-17(22)26-18(2,3)4/h6-7,10,14H,8-9,11H2,1-5H3,(H,19,22). The van der Waals surface area contributed by atoms with Gasteiger partial charge in [-0.1, -0.05) is 12.1 Å². The molecule has 0 aliphatic carbocycles. The zero-order valence-electron chi connectivity index (χ0n) is 15.8. The van der Waals surface area contributed by atoms with Gasteiger partial charge in [0.05, 0.1) is 4.92 Å². The van der Waals surface area contributed by atoms with Gasteiger partial charge in [0.25, 0.3) is 5.69 Å². The zero-order chi connectivity index (χ0) is 19.9. The Bertz CT molecular complexity index is 666.